The SMILES string of the molecule is C[C@@]1(NCC(=O)N2C[C@@H](F)C[C@H]2C#N)C[C@H]2C[C@@H](OC3CC3)C[C@H]2C1. The summed E-state index contributed by atoms with van der Waals surface area (Å²) in [7, 11) is 0. The number of amides is 1. The van der Waals surface area contributed by atoms with Gasteiger partial charge in [-0.2, -0.15) is 5.26 Å². The van der Waals surface area contributed by atoms with Crippen molar-refractivity contribution in [3.63, 3.8) is 0 Å². The van der Waals surface area contributed by atoms with E-state index in [1.54, 1.807) is 0 Å². The summed E-state index contributed by atoms with van der Waals surface area (Å²) in [6.07, 6.45) is 6.95. The average Bonchev–Trinajstić information content (AvgIpc) is 3.06. The molecule has 4 fully saturated rings. The first-order valence-corrected chi connectivity index (χ1v) is 9.69. The molecule has 3 saturated carbocycles. The highest BCUT2D eigenvalue weighted by Gasteiger charge is 2.48. The molecule has 4 rings (SSSR count). The zero-order valence-electron chi connectivity index (χ0n) is 14.9. The average molecular weight is 349 g/mol. The molecule has 1 aliphatic heterocycles. The van der Waals surface area contributed by atoms with Gasteiger partial charge in [0.05, 0.1) is 31.4 Å². The van der Waals surface area contributed by atoms with E-state index in [-0.39, 0.29) is 31.0 Å². The number of carbonyl (C=O) groups excluding carboxylic acids is 1. The van der Waals surface area contributed by atoms with E-state index in [4.69, 9.17) is 10.00 Å². The molecule has 6 atom stereocenters. The lowest BCUT2D eigenvalue weighted by Gasteiger charge is -2.29. The second kappa shape index (κ2) is 6.51. The standard InChI is InChI=1S/C19H28FN3O2/c1-19(22-10-18(24)23-11-14(20)6-15(23)9-21)7-12-4-17(5-13(12)8-19)25-16-2-3-16/h12-17,22H,2-8,10-11H2,1H3/t12-,13+,14-,15-,17-,19-/m0/s1. The fraction of sp³-hybridized carbons (Fsp3) is 0.895. The van der Waals surface area contributed by atoms with Crippen LogP contribution in [0, 0.1) is 23.2 Å². The zero-order chi connectivity index (χ0) is 17.6. The van der Waals surface area contributed by atoms with Crippen molar-refractivity contribution in [2.45, 2.75) is 81.8 Å². The number of likely N-dealkylation sites (tertiary alicyclic amines) is 1. The van der Waals surface area contributed by atoms with Crippen LogP contribution >= 0.6 is 0 Å². The van der Waals surface area contributed by atoms with Gasteiger partial charge < -0.3 is 15.0 Å². The molecular weight excluding hydrogens is 321 g/mol. The van der Waals surface area contributed by atoms with E-state index >= 15 is 0 Å². The molecule has 0 aromatic heterocycles. The van der Waals surface area contributed by atoms with Gasteiger partial charge in [0, 0.05) is 12.0 Å². The van der Waals surface area contributed by atoms with Crippen LogP contribution in [0.3, 0.4) is 0 Å². The van der Waals surface area contributed by atoms with Crippen LogP contribution in [0.1, 0.15) is 51.9 Å². The molecule has 3 aliphatic carbocycles. The largest absolute Gasteiger partial charge is 0.375 e. The lowest BCUT2D eigenvalue weighted by Crippen LogP contribution is -2.48. The minimum absolute atomic E-state index is 0.0352. The number of fused-ring (bicyclic) bond motifs is 1. The lowest BCUT2D eigenvalue weighted by molar-refractivity contribution is -0.130. The van der Waals surface area contributed by atoms with Crippen molar-refractivity contribution in [3.05, 3.63) is 0 Å². The van der Waals surface area contributed by atoms with Crippen molar-refractivity contribution in [2.24, 2.45) is 11.8 Å². The monoisotopic (exact) mass is 349 g/mol. The normalized spacial score (nSPS) is 43.2. The second-order valence-corrected chi connectivity index (χ2v) is 8.80. The maximum absolute atomic E-state index is 13.5. The first-order chi connectivity index (χ1) is 12.0. The van der Waals surface area contributed by atoms with Gasteiger partial charge in [0.1, 0.15) is 12.2 Å². The zero-order valence-corrected chi connectivity index (χ0v) is 14.9. The first kappa shape index (κ1) is 17.2. The number of nitriles is 1. The number of ether oxygens (including phenoxy) is 1. The summed E-state index contributed by atoms with van der Waals surface area (Å²) in [5.74, 6) is 1.22. The number of alkyl halides is 1. The number of nitrogens with zero attached hydrogens (tertiary/aromatic N) is 2. The first-order valence-electron chi connectivity index (χ1n) is 9.69. The van der Waals surface area contributed by atoms with E-state index < -0.39 is 12.2 Å². The molecule has 0 unspecified atom stereocenters. The van der Waals surface area contributed by atoms with Gasteiger partial charge in [-0.05, 0) is 57.3 Å². The maximum Gasteiger partial charge on any atom is 0.237 e. The van der Waals surface area contributed by atoms with Crippen LogP contribution in [0.25, 0.3) is 0 Å². The molecule has 5 nitrogen and oxygen atoms in total. The van der Waals surface area contributed by atoms with Crippen molar-refractivity contribution in [2.75, 3.05) is 13.1 Å². The fourth-order valence-electron chi connectivity index (χ4n) is 5.20. The molecule has 6 heteroatoms. The van der Waals surface area contributed by atoms with Crippen molar-refractivity contribution in [1.82, 2.24) is 10.2 Å². The molecule has 0 bridgehead atoms. The van der Waals surface area contributed by atoms with Crippen molar-refractivity contribution in [3.8, 4) is 6.07 Å². The highest BCUT2D eigenvalue weighted by molar-refractivity contribution is 5.79. The van der Waals surface area contributed by atoms with Crippen LogP contribution in [0.2, 0.25) is 0 Å². The predicted octanol–water partition coefficient (Wildman–Crippen LogP) is 2.16. The van der Waals surface area contributed by atoms with Crippen LogP contribution in [-0.4, -0.2) is 53.9 Å². The van der Waals surface area contributed by atoms with Gasteiger partial charge in [-0.25, -0.2) is 4.39 Å². The maximum atomic E-state index is 13.5. The number of hydrogen-bond donors (Lipinski definition) is 1. The highest BCUT2D eigenvalue weighted by atomic mass is 19.1. The van der Waals surface area contributed by atoms with E-state index in [0.717, 1.165) is 25.7 Å². The van der Waals surface area contributed by atoms with E-state index in [1.165, 1.54) is 17.7 Å². The lowest BCUT2D eigenvalue weighted by atomic mass is 9.95. The van der Waals surface area contributed by atoms with Crippen molar-refractivity contribution >= 4 is 5.91 Å². The van der Waals surface area contributed by atoms with Crippen LogP contribution < -0.4 is 5.32 Å². The number of carbonyl (C=O) groups is 1. The van der Waals surface area contributed by atoms with Gasteiger partial charge >= 0.3 is 0 Å². The number of rotatable bonds is 5. The van der Waals surface area contributed by atoms with Gasteiger partial charge in [-0.15, -0.1) is 0 Å². The Morgan fingerprint density at radius 1 is 1.28 bits per heavy atom. The van der Waals surface area contributed by atoms with E-state index in [0.29, 0.717) is 24.0 Å². The number of hydrogen-bond acceptors (Lipinski definition) is 4. The van der Waals surface area contributed by atoms with Gasteiger partial charge in [0.25, 0.3) is 0 Å². The van der Waals surface area contributed by atoms with Gasteiger partial charge in [-0.1, -0.05) is 0 Å². The summed E-state index contributed by atoms with van der Waals surface area (Å²) in [6.45, 7) is 2.45. The van der Waals surface area contributed by atoms with E-state index in [1.807, 2.05) is 6.07 Å². The molecule has 25 heavy (non-hydrogen) atoms. The topological polar surface area (TPSA) is 65.4 Å². The van der Waals surface area contributed by atoms with Gasteiger partial charge in [0.2, 0.25) is 5.91 Å². The quantitative estimate of drug-likeness (QED) is 0.826. The van der Waals surface area contributed by atoms with E-state index in [2.05, 4.69) is 12.2 Å². The third-order valence-electron chi connectivity index (χ3n) is 6.52. The Morgan fingerprint density at radius 2 is 1.96 bits per heavy atom. The minimum atomic E-state index is -1.07. The predicted molar refractivity (Wildman–Crippen MR) is 90.4 cm³/mol. The molecule has 0 aromatic carbocycles. The second-order valence-electron chi connectivity index (χ2n) is 8.80. The Morgan fingerprint density at radius 3 is 2.56 bits per heavy atom. The van der Waals surface area contributed by atoms with Crippen molar-refractivity contribution < 1.29 is 13.9 Å². The molecule has 1 amide bonds. The molecule has 1 saturated heterocycles. The van der Waals surface area contributed by atoms with Gasteiger partial charge in [-0.3, -0.25) is 4.79 Å². The molecule has 0 radical (unpaired) electrons. The van der Waals surface area contributed by atoms with Crippen LogP contribution in [0.15, 0.2) is 0 Å². The summed E-state index contributed by atoms with van der Waals surface area (Å²) in [5, 5.41) is 12.5. The Kier molecular flexibility index (Phi) is 4.49. The summed E-state index contributed by atoms with van der Waals surface area (Å²) >= 11 is 0. The Labute approximate surface area is 148 Å². The van der Waals surface area contributed by atoms with Crippen LogP contribution in [0.5, 0.6) is 0 Å². The molecule has 0 aromatic rings. The molecular formula is C19H28FN3O2. The Hall–Kier alpha value is -1.19. The number of nitrogens with one attached hydrogen (secondary N) is 1. The third kappa shape index (κ3) is 3.68. The Balaban J connectivity index is 1.26. The highest BCUT2D eigenvalue weighted by Crippen LogP contribution is 2.50. The molecule has 1 heterocycles. The molecule has 138 valence electrons. The fourth-order valence-corrected chi connectivity index (χ4v) is 5.20. The number of halogens is 1. The van der Waals surface area contributed by atoms with Gasteiger partial charge in [0.15, 0.2) is 0 Å². The summed E-state index contributed by atoms with van der Waals surface area (Å²) in [6, 6.07) is 1.43. The molecule has 0 spiro atoms. The van der Waals surface area contributed by atoms with Crippen molar-refractivity contribution in [1.29, 1.82) is 5.26 Å². The minimum Gasteiger partial charge on any atom is -0.375 e. The Bertz CT molecular complexity index is 560. The van der Waals surface area contributed by atoms with E-state index in [9.17, 15) is 9.18 Å². The third-order valence-corrected chi connectivity index (χ3v) is 6.52. The smallest absolute Gasteiger partial charge is 0.237 e. The van der Waals surface area contributed by atoms with Crippen LogP contribution in [-0.2, 0) is 9.53 Å². The molecule has 4 aliphatic rings. The molecule has 1 N–H and O–H groups in total. The summed E-state index contributed by atoms with van der Waals surface area (Å²) in [4.78, 5) is 13.8. The van der Waals surface area contributed by atoms with Crippen LogP contribution in [0.4, 0.5) is 4.39 Å². The summed E-state index contributed by atoms with van der Waals surface area (Å²) < 4.78 is 19.6. The summed E-state index contributed by atoms with van der Waals surface area (Å²) in [5.41, 5.74) is -0.0352.